The van der Waals surface area contributed by atoms with Gasteiger partial charge in [-0.05, 0) is 0 Å². The van der Waals surface area contributed by atoms with Crippen molar-refractivity contribution in [3.63, 3.8) is 0 Å². The monoisotopic (exact) mass is 259 g/mol. The van der Waals surface area contributed by atoms with E-state index in [0.29, 0.717) is 30.9 Å². The molecule has 0 bridgehead atoms. The maximum absolute atomic E-state index is 11.7. The van der Waals surface area contributed by atoms with Crippen molar-refractivity contribution in [3.8, 4) is 0 Å². The van der Waals surface area contributed by atoms with Crippen LogP contribution in [0.15, 0.2) is 9.95 Å². The van der Waals surface area contributed by atoms with Gasteiger partial charge >= 0.3 is 0 Å². The molecule has 94 valence electrons. The number of hydrogen-bond acceptors (Lipinski definition) is 6. The summed E-state index contributed by atoms with van der Waals surface area (Å²) in [5.41, 5.74) is 0.532. The van der Waals surface area contributed by atoms with Gasteiger partial charge in [0.05, 0.1) is 17.9 Å². The molecule has 2 heterocycles. The molecule has 1 aromatic heterocycles. The zero-order valence-electron chi connectivity index (χ0n) is 9.30. The van der Waals surface area contributed by atoms with Crippen LogP contribution >= 0.6 is 0 Å². The minimum atomic E-state index is -3.51. The van der Waals surface area contributed by atoms with E-state index in [1.807, 2.05) is 4.90 Å². The van der Waals surface area contributed by atoms with Crippen molar-refractivity contribution in [2.75, 3.05) is 19.4 Å². The molecule has 0 saturated carbocycles. The summed E-state index contributed by atoms with van der Waals surface area (Å²) in [5.74, 6) is 0. The van der Waals surface area contributed by atoms with Crippen LogP contribution in [0.4, 0.5) is 0 Å². The number of nitrogens with zero attached hydrogens (tertiary/aromatic N) is 2. The smallest absolute Gasteiger partial charge is 0.256 e. The number of sulfone groups is 1. The third kappa shape index (κ3) is 2.38. The fourth-order valence-electron chi connectivity index (χ4n) is 1.78. The van der Waals surface area contributed by atoms with Gasteiger partial charge in [0.15, 0.2) is 0 Å². The molecule has 0 aliphatic carbocycles. The van der Waals surface area contributed by atoms with E-state index < -0.39 is 15.4 Å². The van der Waals surface area contributed by atoms with Crippen molar-refractivity contribution in [2.24, 2.45) is 0 Å². The maximum Gasteiger partial charge on any atom is 0.256 e. The number of β-amino-alcohol motifs (C(OH)–C–C–N with tert-alkyl or cyclic N) is 1. The molecule has 2 N–H and O–H groups in total. The number of aliphatic hydroxyl groups is 1. The van der Waals surface area contributed by atoms with E-state index in [-0.39, 0.29) is 11.8 Å². The first-order chi connectivity index (χ1) is 7.91. The van der Waals surface area contributed by atoms with E-state index >= 15 is 0 Å². The predicted molar refractivity (Wildman–Crippen MR) is 59.2 cm³/mol. The van der Waals surface area contributed by atoms with Crippen LogP contribution in [0.2, 0.25) is 0 Å². The number of H-pyrrole nitrogens is 1. The molecule has 1 aliphatic heterocycles. The quantitative estimate of drug-likeness (QED) is 0.639. The van der Waals surface area contributed by atoms with Crippen LogP contribution in [-0.2, 0) is 22.9 Å². The lowest BCUT2D eigenvalue weighted by atomic mass is 10.3. The summed E-state index contributed by atoms with van der Waals surface area (Å²) in [7, 11) is -3.51. The standard InChI is InChI=1S/C9H13N3O4S/c1-17(15,16)9-10-7-5-12(2-3-13)4-6(7)8(14)11-9/h13H,2-5H2,1H3,(H,10,11,14). The van der Waals surface area contributed by atoms with Gasteiger partial charge in [-0.3, -0.25) is 14.7 Å². The van der Waals surface area contributed by atoms with Gasteiger partial charge in [-0.1, -0.05) is 0 Å². The number of hydrogen-bond donors (Lipinski definition) is 2. The average molecular weight is 259 g/mol. The molecule has 0 amide bonds. The molecule has 2 rings (SSSR count). The maximum atomic E-state index is 11.7. The van der Waals surface area contributed by atoms with Gasteiger partial charge in [0.2, 0.25) is 15.0 Å². The molecular weight excluding hydrogens is 246 g/mol. The Morgan fingerprint density at radius 2 is 2.18 bits per heavy atom. The topological polar surface area (TPSA) is 103 Å². The normalized spacial score (nSPS) is 16.1. The largest absolute Gasteiger partial charge is 0.395 e. The van der Waals surface area contributed by atoms with Crippen molar-refractivity contribution in [1.29, 1.82) is 0 Å². The second kappa shape index (κ2) is 4.21. The van der Waals surface area contributed by atoms with Crippen molar-refractivity contribution >= 4 is 9.84 Å². The first-order valence-corrected chi connectivity index (χ1v) is 6.96. The highest BCUT2D eigenvalue weighted by molar-refractivity contribution is 7.90. The van der Waals surface area contributed by atoms with E-state index in [2.05, 4.69) is 9.97 Å². The molecule has 1 aliphatic rings. The number of aliphatic hydroxyl groups excluding tert-OH is 1. The van der Waals surface area contributed by atoms with Crippen molar-refractivity contribution in [3.05, 3.63) is 21.6 Å². The average Bonchev–Trinajstić information content (AvgIpc) is 2.60. The van der Waals surface area contributed by atoms with E-state index in [1.165, 1.54) is 0 Å². The SMILES string of the molecule is CS(=O)(=O)c1nc2c(c(=O)[nH]1)CN(CCO)C2. The molecular formula is C9H13N3O4S. The lowest BCUT2D eigenvalue weighted by Gasteiger charge is -2.10. The fraction of sp³-hybridized carbons (Fsp3) is 0.556. The van der Waals surface area contributed by atoms with Crippen LogP contribution in [0.5, 0.6) is 0 Å². The van der Waals surface area contributed by atoms with Gasteiger partial charge in [-0.15, -0.1) is 0 Å². The summed E-state index contributed by atoms with van der Waals surface area (Å²) in [6, 6.07) is 0. The molecule has 0 atom stereocenters. The Kier molecular flexibility index (Phi) is 3.02. The van der Waals surface area contributed by atoms with Crippen molar-refractivity contribution in [1.82, 2.24) is 14.9 Å². The highest BCUT2D eigenvalue weighted by Crippen LogP contribution is 2.17. The lowest BCUT2D eigenvalue weighted by Crippen LogP contribution is -2.22. The van der Waals surface area contributed by atoms with Crippen LogP contribution in [0, 0.1) is 0 Å². The van der Waals surface area contributed by atoms with Crippen LogP contribution in [0.3, 0.4) is 0 Å². The van der Waals surface area contributed by atoms with Gasteiger partial charge < -0.3 is 5.11 Å². The van der Waals surface area contributed by atoms with Crippen LogP contribution in [-0.4, -0.2) is 47.8 Å². The van der Waals surface area contributed by atoms with Crippen LogP contribution < -0.4 is 5.56 Å². The molecule has 7 nitrogen and oxygen atoms in total. The molecule has 0 radical (unpaired) electrons. The molecule has 0 saturated heterocycles. The number of aromatic nitrogens is 2. The Bertz CT molecular complexity index is 593. The van der Waals surface area contributed by atoms with Crippen molar-refractivity contribution < 1.29 is 13.5 Å². The van der Waals surface area contributed by atoms with Crippen LogP contribution in [0.1, 0.15) is 11.3 Å². The molecule has 1 aromatic rings. The summed E-state index contributed by atoms with van der Waals surface area (Å²) in [6.07, 6.45) is 0.998. The number of fused-ring (bicyclic) bond motifs is 1. The minimum Gasteiger partial charge on any atom is -0.395 e. The third-order valence-corrected chi connectivity index (χ3v) is 3.50. The number of rotatable bonds is 3. The van der Waals surface area contributed by atoms with Gasteiger partial charge in [0.25, 0.3) is 5.56 Å². The summed E-state index contributed by atoms with van der Waals surface area (Å²) in [6.45, 7) is 1.21. The Hall–Kier alpha value is -1.25. The van der Waals surface area contributed by atoms with Gasteiger partial charge in [0.1, 0.15) is 0 Å². The van der Waals surface area contributed by atoms with Crippen molar-refractivity contribution in [2.45, 2.75) is 18.2 Å². The minimum absolute atomic E-state index is 0.00910. The zero-order valence-corrected chi connectivity index (χ0v) is 10.1. The molecule has 17 heavy (non-hydrogen) atoms. The highest BCUT2D eigenvalue weighted by Gasteiger charge is 2.25. The van der Waals surface area contributed by atoms with Gasteiger partial charge in [-0.2, -0.15) is 0 Å². The summed E-state index contributed by atoms with van der Waals surface area (Å²) < 4.78 is 22.6. The predicted octanol–water partition coefficient (Wildman–Crippen LogP) is -1.52. The Morgan fingerprint density at radius 3 is 2.76 bits per heavy atom. The van der Waals surface area contributed by atoms with Gasteiger partial charge in [-0.25, -0.2) is 13.4 Å². The van der Waals surface area contributed by atoms with E-state index in [1.54, 1.807) is 0 Å². The van der Waals surface area contributed by atoms with E-state index in [4.69, 9.17) is 5.11 Å². The molecule has 0 spiro atoms. The number of aromatic amines is 1. The molecule has 8 heteroatoms. The summed E-state index contributed by atoms with van der Waals surface area (Å²) >= 11 is 0. The van der Waals surface area contributed by atoms with Crippen LogP contribution in [0.25, 0.3) is 0 Å². The Morgan fingerprint density at radius 1 is 1.47 bits per heavy atom. The Balaban J connectivity index is 2.43. The molecule has 0 fully saturated rings. The highest BCUT2D eigenvalue weighted by atomic mass is 32.2. The third-order valence-electron chi connectivity index (χ3n) is 2.60. The molecule has 0 unspecified atom stereocenters. The second-order valence-electron chi connectivity index (χ2n) is 4.00. The first-order valence-electron chi connectivity index (χ1n) is 5.07. The van der Waals surface area contributed by atoms with E-state index in [9.17, 15) is 13.2 Å². The van der Waals surface area contributed by atoms with E-state index in [0.717, 1.165) is 6.26 Å². The summed E-state index contributed by atoms with van der Waals surface area (Å²) in [4.78, 5) is 19.7. The summed E-state index contributed by atoms with van der Waals surface area (Å²) in [5, 5.41) is 8.52. The fourth-order valence-corrected chi connectivity index (χ4v) is 2.34. The first kappa shape index (κ1) is 12.2. The molecule has 0 aromatic carbocycles. The Labute approximate surface area is 98.0 Å². The lowest BCUT2D eigenvalue weighted by molar-refractivity contribution is 0.197. The zero-order chi connectivity index (χ0) is 12.6. The van der Waals surface area contributed by atoms with Gasteiger partial charge in [0, 0.05) is 25.9 Å². The second-order valence-corrected chi connectivity index (χ2v) is 5.93. The number of nitrogens with one attached hydrogen (secondary N) is 1.